The number of ether oxygens (including phenoxy) is 1. The summed E-state index contributed by atoms with van der Waals surface area (Å²) in [6.07, 6.45) is 2.23. The molecule has 7 heteroatoms. The van der Waals surface area contributed by atoms with Crippen LogP contribution >= 0.6 is 0 Å². The van der Waals surface area contributed by atoms with Crippen LogP contribution in [-0.4, -0.2) is 60.0 Å². The lowest BCUT2D eigenvalue weighted by Crippen LogP contribution is -2.41. The molecule has 0 saturated carbocycles. The zero-order valence-electron chi connectivity index (χ0n) is 14.4. The molecule has 0 spiro atoms. The van der Waals surface area contributed by atoms with E-state index < -0.39 is 0 Å². The second-order valence-electron chi connectivity index (χ2n) is 5.96. The second kappa shape index (κ2) is 8.22. The van der Waals surface area contributed by atoms with E-state index in [0.717, 1.165) is 44.2 Å². The van der Waals surface area contributed by atoms with Crippen LogP contribution in [0.3, 0.4) is 0 Å². The van der Waals surface area contributed by atoms with E-state index in [-0.39, 0.29) is 11.7 Å². The minimum absolute atomic E-state index is 0.126. The van der Waals surface area contributed by atoms with Crippen molar-refractivity contribution in [3.8, 4) is 5.69 Å². The average Bonchev–Trinajstić information content (AvgIpc) is 3.07. The summed E-state index contributed by atoms with van der Waals surface area (Å²) in [5.41, 5.74) is 2.12. The second-order valence-corrected chi connectivity index (χ2v) is 5.96. The molecule has 1 N–H and O–H groups in total. The number of nitrogens with one attached hydrogen (secondary N) is 1. The van der Waals surface area contributed by atoms with Crippen LogP contribution in [0.1, 0.15) is 23.0 Å². The molecule has 1 aliphatic rings. The van der Waals surface area contributed by atoms with Crippen molar-refractivity contribution in [1.29, 1.82) is 0 Å². The Morgan fingerprint density at radius 2 is 2.00 bits per heavy atom. The molecule has 1 aromatic heterocycles. The summed E-state index contributed by atoms with van der Waals surface area (Å²) in [5.74, 6) is -0.423. The number of carbonyl (C=O) groups excluding carboxylic acids is 1. The van der Waals surface area contributed by atoms with Gasteiger partial charge in [-0.3, -0.25) is 9.69 Å². The molecule has 1 fully saturated rings. The smallest absolute Gasteiger partial charge is 0.254 e. The van der Waals surface area contributed by atoms with E-state index >= 15 is 0 Å². The van der Waals surface area contributed by atoms with Gasteiger partial charge in [-0.25, -0.2) is 9.07 Å². The third-order valence-corrected chi connectivity index (χ3v) is 4.34. The molecule has 0 aliphatic carbocycles. The zero-order chi connectivity index (χ0) is 17.6. The molecule has 1 saturated heterocycles. The Morgan fingerprint density at radius 1 is 1.28 bits per heavy atom. The third kappa shape index (κ3) is 4.24. The first-order valence-corrected chi connectivity index (χ1v) is 8.60. The largest absolute Gasteiger partial charge is 0.379 e. The summed E-state index contributed by atoms with van der Waals surface area (Å²) in [6.45, 7) is 6.67. The molecule has 0 radical (unpaired) electrons. The highest BCUT2D eigenvalue weighted by molar-refractivity contribution is 5.95. The van der Waals surface area contributed by atoms with Crippen molar-refractivity contribution >= 4 is 5.91 Å². The fraction of sp³-hybridized carbons (Fsp3) is 0.444. The van der Waals surface area contributed by atoms with Gasteiger partial charge in [-0.15, -0.1) is 0 Å². The van der Waals surface area contributed by atoms with Crippen molar-refractivity contribution in [2.75, 3.05) is 39.4 Å². The normalized spacial score (nSPS) is 15.3. The molecule has 0 atom stereocenters. The lowest BCUT2D eigenvalue weighted by molar-refractivity contribution is 0.0383. The third-order valence-electron chi connectivity index (χ3n) is 4.34. The Labute approximate surface area is 146 Å². The summed E-state index contributed by atoms with van der Waals surface area (Å²) in [4.78, 5) is 14.8. The summed E-state index contributed by atoms with van der Waals surface area (Å²) in [6, 6.07) is 6.08. The lowest BCUT2D eigenvalue weighted by Gasteiger charge is -2.26. The predicted octanol–water partition coefficient (Wildman–Crippen LogP) is 1.64. The maximum absolute atomic E-state index is 13.1. The number of nitrogens with zero attached hydrogens (tertiary/aromatic N) is 3. The lowest BCUT2D eigenvalue weighted by atomic mass is 10.2. The first-order valence-electron chi connectivity index (χ1n) is 8.60. The van der Waals surface area contributed by atoms with Gasteiger partial charge in [-0.05, 0) is 30.7 Å². The highest BCUT2D eigenvalue weighted by Gasteiger charge is 2.17. The van der Waals surface area contributed by atoms with E-state index in [9.17, 15) is 9.18 Å². The van der Waals surface area contributed by atoms with Crippen LogP contribution in [-0.2, 0) is 11.2 Å². The van der Waals surface area contributed by atoms with Crippen LogP contribution in [0, 0.1) is 5.82 Å². The van der Waals surface area contributed by atoms with Gasteiger partial charge in [-0.1, -0.05) is 6.92 Å². The highest BCUT2D eigenvalue weighted by atomic mass is 19.1. The van der Waals surface area contributed by atoms with Crippen molar-refractivity contribution in [2.45, 2.75) is 13.3 Å². The number of rotatable bonds is 6. The molecule has 25 heavy (non-hydrogen) atoms. The van der Waals surface area contributed by atoms with Crippen LogP contribution in [0.5, 0.6) is 0 Å². The Bertz CT molecular complexity index is 708. The first-order chi connectivity index (χ1) is 12.2. The van der Waals surface area contributed by atoms with Crippen molar-refractivity contribution in [2.24, 2.45) is 0 Å². The van der Waals surface area contributed by atoms with E-state index in [1.165, 1.54) is 12.1 Å². The maximum Gasteiger partial charge on any atom is 0.254 e. The monoisotopic (exact) mass is 346 g/mol. The van der Waals surface area contributed by atoms with Crippen LogP contribution in [0.25, 0.3) is 5.69 Å². The van der Waals surface area contributed by atoms with Gasteiger partial charge >= 0.3 is 0 Å². The molecule has 6 nitrogen and oxygen atoms in total. The topological polar surface area (TPSA) is 59.4 Å². The zero-order valence-corrected chi connectivity index (χ0v) is 14.4. The van der Waals surface area contributed by atoms with Gasteiger partial charge in [-0.2, -0.15) is 5.10 Å². The highest BCUT2D eigenvalue weighted by Crippen LogP contribution is 2.16. The van der Waals surface area contributed by atoms with Crippen LogP contribution in [0.2, 0.25) is 0 Å². The fourth-order valence-electron chi connectivity index (χ4n) is 2.96. The molecule has 1 aromatic carbocycles. The quantitative estimate of drug-likeness (QED) is 0.864. The van der Waals surface area contributed by atoms with E-state index in [4.69, 9.17) is 4.74 Å². The standard InChI is InChI=1S/C18H23FN4O2/c1-2-17-16(13-21-23(17)15-5-3-14(19)4-6-15)18(24)20-7-8-22-9-11-25-12-10-22/h3-6,13H,2,7-12H2,1H3,(H,20,24). The van der Waals surface area contributed by atoms with Gasteiger partial charge in [0, 0.05) is 26.2 Å². The van der Waals surface area contributed by atoms with Crippen LogP contribution in [0.4, 0.5) is 4.39 Å². The number of amides is 1. The van der Waals surface area contributed by atoms with Crippen LogP contribution in [0.15, 0.2) is 30.5 Å². The number of hydrogen-bond donors (Lipinski definition) is 1. The summed E-state index contributed by atoms with van der Waals surface area (Å²) >= 11 is 0. The SMILES string of the molecule is CCc1c(C(=O)NCCN2CCOCC2)cnn1-c1ccc(F)cc1. The van der Waals surface area contributed by atoms with Crippen LogP contribution < -0.4 is 5.32 Å². The van der Waals surface area contributed by atoms with Crippen molar-refractivity contribution in [3.63, 3.8) is 0 Å². The molecular weight excluding hydrogens is 323 g/mol. The Kier molecular flexibility index (Phi) is 5.78. The average molecular weight is 346 g/mol. The number of benzene rings is 1. The molecule has 0 bridgehead atoms. The van der Waals surface area contributed by atoms with E-state index in [0.29, 0.717) is 18.5 Å². The van der Waals surface area contributed by atoms with E-state index in [2.05, 4.69) is 15.3 Å². The van der Waals surface area contributed by atoms with E-state index in [1.54, 1.807) is 23.0 Å². The van der Waals surface area contributed by atoms with E-state index in [1.807, 2.05) is 6.92 Å². The number of aromatic nitrogens is 2. The Hall–Kier alpha value is -2.25. The molecule has 0 unspecified atom stereocenters. The summed E-state index contributed by atoms with van der Waals surface area (Å²) in [7, 11) is 0. The minimum atomic E-state index is -0.296. The molecular formula is C18H23FN4O2. The minimum Gasteiger partial charge on any atom is -0.379 e. The number of halogens is 1. The summed E-state index contributed by atoms with van der Waals surface area (Å²) < 4.78 is 20.1. The fourth-order valence-corrected chi connectivity index (χ4v) is 2.96. The molecule has 1 aliphatic heterocycles. The number of carbonyl (C=O) groups is 1. The van der Waals surface area contributed by atoms with Gasteiger partial charge in [0.25, 0.3) is 5.91 Å². The number of hydrogen-bond acceptors (Lipinski definition) is 4. The van der Waals surface area contributed by atoms with Gasteiger partial charge in [0.1, 0.15) is 5.82 Å². The molecule has 2 heterocycles. The predicted molar refractivity (Wildman–Crippen MR) is 92.5 cm³/mol. The first kappa shape index (κ1) is 17.6. The Balaban J connectivity index is 1.65. The van der Waals surface area contributed by atoms with Crippen molar-refractivity contribution < 1.29 is 13.9 Å². The van der Waals surface area contributed by atoms with Gasteiger partial charge in [0.2, 0.25) is 0 Å². The maximum atomic E-state index is 13.1. The summed E-state index contributed by atoms with van der Waals surface area (Å²) in [5, 5.41) is 7.27. The van der Waals surface area contributed by atoms with Crippen molar-refractivity contribution in [1.82, 2.24) is 20.0 Å². The Morgan fingerprint density at radius 3 is 2.68 bits per heavy atom. The van der Waals surface area contributed by atoms with Gasteiger partial charge in [0.05, 0.1) is 36.4 Å². The van der Waals surface area contributed by atoms with Crippen molar-refractivity contribution in [3.05, 3.63) is 47.5 Å². The molecule has 2 aromatic rings. The number of morpholine rings is 1. The molecule has 1 amide bonds. The van der Waals surface area contributed by atoms with Gasteiger partial charge in [0.15, 0.2) is 0 Å². The van der Waals surface area contributed by atoms with Gasteiger partial charge < -0.3 is 10.1 Å². The molecule has 134 valence electrons. The molecule has 3 rings (SSSR count).